The Morgan fingerprint density at radius 2 is 1.83 bits per heavy atom. The number of carbonyl (C=O) groups excluding carboxylic acids is 1. The summed E-state index contributed by atoms with van der Waals surface area (Å²) in [6.07, 6.45) is 0. The van der Waals surface area contributed by atoms with E-state index in [9.17, 15) is 9.59 Å². The SMILES string of the molecule is Cc1ccc(NC(=O)c2ccc(=O)n(-c3ccccc3)n2)c(Cl)c1. The van der Waals surface area contributed by atoms with Gasteiger partial charge in [-0.2, -0.15) is 9.78 Å². The number of hydrogen-bond acceptors (Lipinski definition) is 3. The molecule has 0 aliphatic heterocycles. The first-order valence-corrected chi connectivity index (χ1v) is 7.66. The van der Waals surface area contributed by atoms with E-state index in [2.05, 4.69) is 10.4 Å². The molecule has 24 heavy (non-hydrogen) atoms. The predicted molar refractivity (Wildman–Crippen MR) is 94.0 cm³/mol. The lowest BCUT2D eigenvalue weighted by Gasteiger charge is -2.09. The van der Waals surface area contributed by atoms with Gasteiger partial charge in [0.2, 0.25) is 0 Å². The fourth-order valence-corrected chi connectivity index (χ4v) is 2.48. The number of halogens is 1. The number of benzene rings is 2. The Kier molecular flexibility index (Phi) is 4.44. The largest absolute Gasteiger partial charge is 0.319 e. The van der Waals surface area contributed by atoms with Gasteiger partial charge in [0.05, 0.1) is 16.4 Å². The summed E-state index contributed by atoms with van der Waals surface area (Å²) < 4.78 is 1.19. The van der Waals surface area contributed by atoms with Crippen LogP contribution in [-0.2, 0) is 0 Å². The quantitative estimate of drug-likeness (QED) is 0.795. The highest BCUT2D eigenvalue weighted by Gasteiger charge is 2.12. The highest BCUT2D eigenvalue weighted by Crippen LogP contribution is 2.23. The van der Waals surface area contributed by atoms with Gasteiger partial charge in [-0.15, -0.1) is 0 Å². The lowest BCUT2D eigenvalue weighted by Crippen LogP contribution is -2.24. The van der Waals surface area contributed by atoms with Gasteiger partial charge >= 0.3 is 0 Å². The number of rotatable bonds is 3. The zero-order valence-corrected chi connectivity index (χ0v) is 13.6. The maximum absolute atomic E-state index is 12.4. The molecule has 0 aliphatic carbocycles. The molecular formula is C18H14ClN3O2. The summed E-state index contributed by atoms with van der Waals surface area (Å²) in [5.41, 5.74) is 1.88. The third-order valence-electron chi connectivity index (χ3n) is 3.41. The Labute approximate surface area is 143 Å². The minimum Gasteiger partial charge on any atom is -0.319 e. The van der Waals surface area contributed by atoms with Gasteiger partial charge in [-0.25, -0.2) is 0 Å². The Balaban J connectivity index is 1.92. The molecule has 0 spiro atoms. The number of nitrogens with zero attached hydrogens (tertiary/aromatic N) is 2. The van der Waals surface area contributed by atoms with Crippen LogP contribution in [0.5, 0.6) is 0 Å². The van der Waals surface area contributed by atoms with Crippen molar-refractivity contribution < 1.29 is 4.79 Å². The second kappa shape index (κ2) is 6.68. The van der Waals surface area contributed by atoms with E-state index in [0.717, 1.165) is 5.56 Å². The molecule has 1 amide bonds. The van der Waals surface area contributed by atoms with Crippen molar-refractivity contribution >= 4 is 23.2 Å². The molecule has 1 aromatic heterocycles. The molecule has 1 N–H and O–H groups in total. The number of para-hydroxylation sites is 1. The van der Waals surface area contributed by atoms with Crippen molar-refractivity contribution in [2.24, 2.45) is 0 Å². The van der Waals surface area contributed by atoms with Crippen LogP contribution in [0.1, 0.15) is 16.1 Å². The van der Waals surface area contributed by atoms with Gasteiger partial charge in [0.15, 0.2) is 0 Å². The third-order valence-corrected chi connectivity index (χ3v) is 3.72. The van der Waals surface area contributed by atoms with Gasteiger partial charge in [-0.1, -0.05) is 35.9 Å². The Bertz CT molecular complexity index is 952. The predicted octanol–water partition coefficient (Wildman–Crippen LogP) is 3.45. The molecule has 6 heteroatoms. The van der Waals surface area contributed by atoms with E-state index >= 15 is 0 Å². The summed E-state index contributed by atoms with van der Waals surface area (Å²) in [7, 11) is 0. The van der Waals surface area contributed by atoms with Crippen LogP contribution in [0.15, 0.2) is 65.5 Å². The molecule has 0 fully saturated rings. The maximum atomic E-state index is 12.4. The molecule has 2 aromatic carbocycles. The number of nitrogens with one attached hydrogen (secondary N) is 1. The molecule has 0 unspecified atom stereocenters. The second-order valence-electron chi connectivity index (χ2n) is 5.24. The first-order valence-electron chi connectivity index (χ1n) is 7.28. The van der Waals surface area contributed by atoms with E-state index in [0.29, 0.717) is 16.4 Å². The van der Waals surface area contributed by atoms with Crippen LogP contribution < -0.4 is 10.9 Å². The molecule has 5 nitrogen and oxygen atoms in total. The minimum atomic E-state index is -0.439. The van der Waals surface area contributed by atoms with Crippen molar-refractivity contribution in [2.45, 2.75) is 6.92 Å². The summed E-state index contributed by atoms with van der Waals surface area (Å²) in [4.78, 5) is 24.4. The zero-order chi connectivity index (χ0) is 17.1. The Morgan fingerprint density at radius 1 is 1.08 bits per heavy atom. The van der Waals surface area contributed by atoms with Crippen molar-refractivity contribution in [1.82, 2.24) is 9.78 Å². The first kappa shape index (κ1) is 16.0. The van der Waals surface area contributed by atoms with Crippen LogP contribution in [-0.4, -0.2) is 15.7 Å². The van der Waals surface area contributed by atoms with Gasteiger partial charge in [0.25, 0.3) is 11.5 Å². The molecule has 0 saturated heterocycles. The average Bonchev–Trinajstić information content (AvgIpc) is 2.58. The molecule has 0 bridgehead atoms. The number of anilines is 1. The molecular weight excluding hydrogens is 326 g/mol. The number of hydrogen-bond donors (Lipinski definition) is 1. The highest BCUT2D eigenvalue weighted by atomic mass is 35.5. The molecule has 0 atom stereocenters. The molecule has 3 rings (SSSR count). The maximum Gasteiger partial charge on any atom is 0.276 e. The highest BCUT2D eigenvalue weighted by molar-refractivity contribution is 6.34. The summed E-state index contributed by atoms with van der Waals surface area (Å²) in [5.74, 6) is -0.439. The number of aromatic nitrogens is 2. The molecule has 1 heterocycles. The minimum absolute atomic E-state index is 0.120. The molecule has 0 aliphatic rings. The van der Waals surface area contributed by atoms with Crippen molar-refractivity contribution in [3.05, 3.63) is 87.3 Å². The fraction of sp³-hybridized carbons (Fsp3) is 0.0556. The number of carbonyl (C=O) groups is 1. The van der Waals surface area contributed by atoms with Gasteiger partial charge in [-0.3, -0.25) is 9.59 Å². The summed E-state index contributed by atoms with van der Waals surface area (Å²) in [6, 6.07) is 16.9. The number of amides is 1. The van der Waals surface area contributed by atoms with Gasteiger partial charge in [0, 0.05) is 6.07 Å². The van der Waals surface area contributed by atoms with Crippen molar-refractivity contribution in [3.63, 3.8) is 0 Å². The summed E-state index contributed by atoms with van der Waals surface area (Å²) in [6.45, 7) is 1.91. The van der Waals surface area contributed by atoms with Crippen molar-refractivity contribution in [2.75, 3.05) is 5.32 Å². The lowest BCUT2D eigenvalue weighted by atomic mass is 10.2. The molecule has 0 saturated carbocycles. The molecule has 120 valence electrons. The first-order chi connectivity index (χ1) is 11.5. The van der Waals surface area contributed by atoms with Crippen LogP contribution in [0.3, 0.4) is 0 Å². The normalized spacial score (nSPS) is 10.4. The fourth-order valence-electron chi connectivity index (χ4n) is 2.19. The van der Waals surface area contributed by atoms with Crippen LogP contribution >= 0.6 is 11.6 Å². The zero-order valence-electron chi connectivity index (χ0n) is 12.9. The summed E-state index contributed by atoms with van der Waals surface area (Å²) >= 11 is 6.12. The Hall–Kier alpha value is -2.92. The van der Waals surface area contributed by atoms with E-state index in [1.165, 1.54) is 16.8 Å². The van der Waals surface area contributed by atoms with E-state index in [1.54, 1.807) is 36.4 Å². The average molecular weight is 340 g/mol. The molecule has 0 radical (unpaired) electrons. The van der Waals surface area contributed by atoms with Crippen LogP contribution in [0.2, 0.25) is 5.02 Å². The second-order valence-corrected chi connectivity index (χ2v) is 5.65. The van der Waals surface area contributed by atoms with Crippen LogP contribution in [0.25, 0.3) is 5.69 Å². The van der Waals surface area contributed by atoms with E-state index in [4.69, 9.17) is 11.6 Å². The topological polar surface area (TPSA) is 64.0 Å². The third kappa shape index (κ3) is 3.36. The van der Waals surface area contributed by atoms with Gasteiger partial charge < -0.3 is 5.32 Å². The van der Waals surface area contributed by atoms with Crippen molar-refractivity contribution in [1.29, 1.82) is 0 Å². The standard InChI is InChI=1S/C18H14ClN3O2/c1-12-7-8-15(14(19)11-12)20-18(24)16-9-10-17(23)22(21-16)13-5-3-2-4-6-13/h2-11H,1H3,(H,20,24). The monoisotopic (exact) mass is 339 g/mol. The lowest BCUT2D eigenvalue weighted by molar-refractivity contribution is 0.102. The van der Waals surface area contributed by atoms with Crippen LogP contribution in [0.4, 0.5) is 5.69 Å². The van der Waals surface area contributed by atoms with E-state index < -0.39 is 5.91 Å². The van der Waals surface area contributed by atoms with Gasteiger partial charge in [0.1, 0.15) is 5.69 Å². The Morgan fingerprint density at radius 3 is 2.54 bits per heavy atom. The summed E-state index contributed by atoms with van der Waals surface area (Å²) in [5, 5.41) is 7.28. The molecule has 3 aromatic rings. The smallest absolute Gasteiger partial charge is 0.276 e. The van der Waals surface area contributed by atoms with E-state index in [1.807, 2.05) is 19.1 Å². The number of aryl methyl sites for hydroxylation is 1. The van der Waals surface area contributed by atoms with Crippen molar-refractivity contribution in [3.8, 4) is 5.69 Å². The van der Waals surface area contributed by atoms with E-state index in [-0.39, 0.29) is 11.3 Å². The van der Waals surface area contributed by atoms with Crippen LogP contribution in [0, 0.1) is 6.92 Å². The van der Waals surface area contributed by atoms with Gasteiger partial charge in [-0.05, 0) is 42.8 Å².